The van der Waals surface area contributed by atoms with E-state index in [4.69, 9.17) is 39.6 Å². The third-order valence-corrected chi connectivity index (χ3v) is 30.8. The Balaban J connectivity index is 0.000000350. The molecule has 145 heavy (non-hydrogen) atoms. The molecular weight excluding hydrogens is 2020 g/mol. The van der Waals surface area contributed by atoms with Gasteiger partial charge in [0.15, 0.2) is 30.1 Å². The molecule has 3 atom stereocenters. The van der Waals surface area contributed by atoms with Gasteiger partial charge < -0.3 is 75.5 Å². The van der Waals surface area contributed by atoms with Crippen molar-refractivity contribution in [1.29, 1.82) is 0 Å². The lowest BCUT2D eigenvalue weighted by atomic mass is 9.77. The van der Waals surface area contributed by atoms with Crippen LogP contribution in [0, 0.1) is 13.8 Å². The van der Waals surface area contributed by atoms with Crippen molar-refractivity contribution in [3.8, 4) is 0 Å². The van der Waals surface area contributed by atoms with Gasteiger partial charge in [0.25, 0.3) is 54.0 Å². The summed E-state index contributed by atoms with van der Waals surface area (Å²) in [6.45, 7) is 12.0. The summed E-state index contributed by atoms with van der Waals surface area (Å²) in [7, 11) is -23.1. The van der Waals surface area contributed by atoms with Gasteiger partial charge in [-0.25, -0.2) is 29.0 Å². The van der Waals surface area contributed by atoms with Crippen molar-refractivity contribution < 1.29 is 158 Å². The van der Waals surface area contributed by atoms with Crippen LogP contribution in [0.1, 0.15) is 217 Å². The lowest BCUT2D eigenvalue weighted by molar-refractivity contribution is -0.703. The minimum absolute atomic E-state index is 0. The summed E-state index contributed by atoms with van der Waals surface area (Å²) in [6, 6.07) is 21.7. The van der Waals surface area contributed by atoms with Crippen molar-refractivity contribution >= 4 is 161 Å². The molecule has 16 N–H and O–H groups in total. The van der Waals surface area contributed by atoms with Crippen LogP contribution in [0.5, 0.6) is 0 Å². The monoisotopic (exact) mass is 2140 g/mol. The van der Waals surface area contributed by atoms with Crippen LogP contribution in [0.3, 0.4) is 0 Å². The van der Waals surface area contributed by atoms with Gasteiger partial charge in [0.1, 0.15) is 29.9 Å². The zero-order valence-corrected chi connectivity index (χ0v) is 83.8. The van der Waals surface area contributed by atoms with Crippen molar-refractivity contribution in [3.63, 3.8) is 0 Å². The van der Waals surface area contributed by atoms with Gasteiger partial charge in [0, 0.05) is 156 Å². The Morgan fingerprint density at radius 3 is 1.71 bits per heavy atom. The third-order valence-electron chi connectivity index (χ3n) is 24.0. The van der Waals surface area contributed by atoms with E-state index in [9.17, 15) is 125 Å². The van der Waals surface area contributed by atoms with Crippen LogP contribution in [0.4, 0.5) is 22.7 Å². The number of nitrogen functional groups attached to an aromatic ring is 2. The number of pyridine rings is 1. The van der Waals surface area contributed by atoms with E-state index in [1.54, 1.807) is 68.5 Å². The maximum atomic E-state index is 13.0. The third kappa shape index (κ3) is 35.2. The molecule has 0 aliphatic carbocycles. The average molecular weight is 2150 g/mol. The van der Waals surface area contributed by atoms with Gasteiger partial charge in [0.05, 0.1) is 57.8 Å². The number of carbonyl (C=O) groups is 9. The fourth-order valence-electron chi connectivity index (χ4n) is 16.6. The number of imide groups is 2. The minimum Gasteiger partial charge on any atom is -0.422 e. The number of nitrogens with two attached hydrogens (primary N) is 2. The lowest BCUT2D eigenvalue weighted by Gasteiger charge is -2.30. The van der Waals surface area contributed by atoms with Crippen LogP contribution in [0.25, 0.3) is 21.9 Å². The molecule has 50 heteroatoms. The van der Waals surface area contributed by atoms with Crippen molar-refractivity contribution in [1.82, 2.24) is 26.1 Å². The number of anilines is 3. The first-order chi connectivity index (χ1) is 66.7. The summed E-state index contributed by atoms with van der Waals surface area (Å²) in [5.41, 5.74) is 16.9. The highest BCUT2D eigenvalue weighted by Crippen LogP contribution is 2.61. The summed E-state index contributed by atoms with van der Waals surface area (Å²) in [6.07, 6.45) is 16.8. The number of nitrogens with zero attached hydrogens (tertiary/aromatic N) is 5. The predicted molar refractivity (Wildman–Crippen MR) is 537 cm³/mol. The van der Waals surface area contributed by atoms with Crippen molar-refractivity contribution in [2.24, 2.45) is 0 Å². The van der Waals surface area contributed by atoms with E-state index in [0.717, 1.165) is 46.5 Å². The number of hydrogen-bond acceptors (Lipinski definition) is 31. The van der Waals surface area contributed by atoms with Crippen LogP contribution in [0.2, 0.25) is 0 Å². The quantitative estimate of drug-likeness (QED) is 0.00144. The largest absolute Gasteiger partial charge is 0.422 e. The fourth-order valence-corrected chi connectivity index (χ4v) is 21.1. The van der Waals surface area contributed by atoms with E-state index < -0.39 is 150 Å². The molecule has 44 nitrogen and oxygen atoms in total. The molecule has 0 saturated carbocycles. The van der Waals surface area contributed by atoms with Crippen LogP contribution in [-0.2, 0) is 138 Å². The zero-order chi connectivity index (χ0) is 105. The fraction of sp³-hybridized carbons (Fsp3) is 0.463. The van der Waals surface area contributed by atoms with Crippen molar-refractivity contribution in [2.45, 2.75) is 256 Å². The Hall–Kier alpha value is -11.4. The molecule has 3 unspecified atom stereocenters. The molecular formula is C95H130N10O34P2S4+2. The number of allylic oxidation sites excluding steroid dienone is 6. The zero-order valence-electron chi connectivity index (χ0n) is 78.7. The normalized spacial score (nSPS) is 15.9. The first-order valence-electron chi connectivity index (χ1n) is 45.4. The molecule has 7 aromatic rings. The van der Waals surface area contributed by atoms with Gasteiger partial charge in [-0.05, 0) is 169 Å². The topological polar surface area (TPSA) is 674 Å². The van der Waals surface area contributed by atoms with E-state index in [-0.39, 0.29) is 122 Å². The molecule has 0 radical (unpaired) electrons. The number of amides is 7. The number of aliphatic hydroxyl groups excluding tert-OH is 1. The molecule has 11 rings (SSSR count). The number of nitrogens with one attached hydrogen (secondary N) is 3. The van der Waals surface area contributed by atoms with Crippen LogP contribution in [-0.4, -0.2) is 198 Å². The number of hydroxylamine groups is 4. The van der Waals surface area contributed by atoms with Gasteiger partial charge in [0.2, 0.25) is 23.4 Å². The molecule has 4 aliphatic rings. The summed E-state index contributed by atoms with van der Waals surface area (Å²) in [4.78, 5) is 184. The molecule has 0 bridgehead atoms. The van der Waals surface area contributed by atoms with E-state index in [1.165, 1.54) is 47.3 Å². The van der Waals surface area contributed by atoms with Crippen molar-refractivity contribution in [3.05, 3.63) is 193 Å². The second-order valence-corrected chi connectivity index (χ2v) is 44.4. The summed E-state index contributed by atoms with van der Waals surface area (Å²) in [5.74, 6) is -5.73. The summed E-state index contributed by atoms with van der Waals surface area (Å²) in [5, 5.41) is 31.5. The van der Waals surface area contributed by atoms with Crippen molar-refractivity contribution in [2.75, 3.05) is 54.1 Å². The number of aryl methyl sites for hydroxylation is 2. The van der Waals surface area contributed by atoms with Crippen LogP contribution < -0.4 is 48.1 Å². The van der Waals surface area contributed by atoms with E-state index >= 15 is 0 Å². The molecule has 7 amide bonds. The maximum absolute atomic E-state index is 13.0. The number of carbonyl (C=O) groups excluding carboxylic acids is 9. The smallest absolute Gasteiger partial charge is 0.341 e. The van der Waals surface area contributed by atoms with E-state index in [1.807, 2.05) is 62.6 Å². The highest BCUT2D eigenvalue weighted by Gasteiger charge is 2.48. The number of unbranched alkanes of at least 4 members (excludes halogenated alkanes) is 7. The number of hydrogen-bond donors (Lipinski definition) is 14. The minimum atomic E-state index is -5.12. The highest BCUT2D eigenvalue weighted by molar-refractivity contribution is 7.94. The number of aromatic nitrogens is 1. The molecule has 7 heterocycles. The molecule has 0 spiro atoms. The van der Waals surface area contributed by atoms with Gasteiger partial charge in [-0.1, -0.05) is 84.6 Å². The second-order valence-electron chi connectivity index (χ2n) is 35.1. The molecule has 2 saturated heterocycles. The maximum Gasteiger partial charge on any atom is 0.341 e. The average Bonchev–Trinajstić information content (AvgIpc) is 1.53. The first-order valence-corrected chi connectivity index (χ1v) is 54.1. The number of rotatable bonds is 48. The first kappa shape index (κ1) is 122. The SMILES string of the molecule is C.C.C.CC1(C)C(C=CC=CC=C2N(CCCCS(=O)(=O)O)c3ccc(SOOO)cc3C2(C)CCCCCC(=O)ON2C(=O)CCC2=O)=[N+](CCCCS(=O)(=O)O)c2ccc(S(=O)(=O)O)cc21.CCCCC(NC(=O)Cc1c(C)c2ccc(N)cc2oc1=O)C(=O)NCC(O)C[n+]1cccc(CC(P(=O)(O)O)P(=O)(O)O)c1.Cc1c(CC(=O)NCCCCCC(=O)ON2C(=O)CCC2=O)c(=O)oc2cc(N)ccc12. The van der Waals surface area contributed by atoms with E-state index in [0.29, 0.717) is 161 Å². The molecule has 3 aromatic heterocycles. The number of fused-ring (bicyclic) bond motifs is 4. The van der Waals surface area contributed by atoms with E-state index in [2.05, 4.69) is 25.9 Å². The molecule has 4 aromatic carbocycles. The number of aliphatic hydroxyl groups is 1. The Morgan fingerprint density at radius 1 is 0.634 bits per heavy atom. The Kier molecular flexibility index (Phi) is 45.8. The van der Waals surface area contributed by atoms with Gasteiger partial charge >= 0.3 is 38.4 Å². The highest BCUT2D eigenvalue weighted by atomic mass is 32.2. The standard InChI is InChI=1S/C42H53N3O16S4.C28H38N4O11P2.C22H25N3O7.3CH4/c1-41(2)32-29-31(65(56,57)58)18-20-34(32)43(24-10-12-26-63(50,51)52)36(41)14-6-4-7-15-37-42(3,23-9-5-8-16-40(48)59-45-38(46)21-22-39(45)47)33-28-30(62-61-60-49)17-19-35(33)44(37)25-11-13-27-64(53,54)55;1-3-4-7-23(31-25(34)13-22-17(2)21-9-8-19(29)12-24(21)43-28(22)36)27(35)30-14-20(33)16-32-10-5-6-18(15-32)11-26(44(37,38)39)45(40,41)42;1-13-15-7-6-14(23)11-17(15)31-22(30)16(13)12-18(26)24-10-4-2-3-5-21(29)32-25-19(27)8-9-20(25)28;;;/h4,6-7,14-15,17-20,28-29H,5,8-13,16,21-27H2,1-3H3,(H3-,49,50,51,52,53,54,55,56,57,58);5-6,8-10,12,15,20,23,26,33H,3-4,7,11,13-14,16H2,1-2H3,(H7-,29,30,31,34,35,36,37,38,39,40,41,42);6-7,11H,2-5,8-10,12,23H2,1H3,(H,24,26);3*1H4/p+2. The lowest BCUT2D eigenvalue weighted by Crippen LogP contribution is -2.50. The Bertz CT molecular complexity index is 6560. The molecule has 4 aliphatic heterocycles. The van der Waals surface area contributed by atoms with Crippen LogP contribution >= 0.6 is 27.2 Å². The number of benzene rings is 4. The van der Waals surface area contributed by atoms with Crippen LogP contribution in [0.15, 0.2) is 162 Å². The van der Waals surface area contributed by atoms with Gasteiger partial charge in [-0.3, -0.25) is 56.4 Å². The Morgan fingerprint density at radius 2 is 1.18 bits per heavy atom. The van der Waals surface area contributed by atoms with Gasteiger partial charge in [-0.2, -0.15) is 29.8 Å². The molecule has 796 valence electrons. The van der Waals surface area contributed by atoms with Gasteiger partial charge in [-0.15, -0.1) is 14.5 Å². The summed E-state index contributed by atoms with van der Waals surface area (Å²) >= 11 is 0.786. The Labute approximate surface area is 844 Å². The second kappa shape index (κ2) is 54.3. The molecule has 2 fully saturated rings. The summed E-state index contributed by atoms with van der Waals surface area (Å²) < 4.78 is 141. The predicted octanol–water partition coefficient (Wildman–Crippen LogP) is 10.4.